The zero-order valence-corrected chi connectivity index (χ0v) is 37.4. The van der Waals surface area contributed by atoms with Crippen molar-refractivity contribution in [3.05, 3.63) is 24.3 Å². The molecule has 2 aliphatic carbocycles. The Morgan fingerprint density at radius 1 is 0.875 bits per heavy atom. The second-order valence-corrected chi connectivity index (χ2v) is 13.6. The van der Waals surface area contributed by atoms with Crippen LogP contribution >= 0.6 is 0 Å². The van der Waals surface area contributed by atoms with Gasteiger partial charge in [0.05, 0.1) is 26.0 Å². The number of likely N-dealkylation sites (N-methyl/N-ethyl adjacent to an activating group) is 1. The quantitative estimate of drug-likeness (QED) is 0.157. The third-order valence-corrected chi connectivity index (χ3v) is 7.30. The zero-order valence-electron chi connectivity index (χ0n) is 37.4. The minimum atomic E-state index is -0.902. The molecule has 0 radical (unpaired) electrons. The smallest absolute Gasteiger partial charge is 0.272 e. The Labute approximate surface area is 339 Å². The van der Waals surface area contributed by atoms with E-state index in [4.69, 9.17) is 5.11 Å². The van der Waals surface area contributed by atoms with Gasteiger partial charge in [-0.1, -0.05) is 108 Å². The van der Waals surface area contributed by atoms with Crippen LogP contribution in [0.15, 0.2) is 18.6 Å². The number of nitrogens with one attached hydrogen (secondary N) is 4. The molecule has 13 nitrogen and oxygen atoms in total. The molecule has 0 spiro atoms. The van der Waals surface area contributed by atoms with Crippen LogP contribution in [0.25, 0.3) is 0 Å². The second-order valence-electron chi connectivity index (χ2n) is 13.6. The summed E-state index contributed by atoms with van der Waals surface area (Å²) < 4.78 is 9.50. The third-order valence-electron chi connectivity index (χ3n) is 7.30. The minimum absolute atomic E-state index is 0.00832. The Kier molecular flexibility index (Phi) is 43.5. The van der Waals surface area contributed by atoms with Gasteiger partial charge in [-0.2, -0.15) is 0 Å². The molecule has 56 heavy (non-hydrogen) atoms. The summed E-state index contributed by atoms with van der Waals surface area (Å²) in [5.74, 6) is -0.550. The van der Waals surface area contributed by atoms with Gasteiger partial charge in [-0.05, 0) is 57.4 Å². The molecule has 0 bridgehead atoms. The van der Waals surface area contributed by atoms with E-state index in [2.05, 4.69) is 79.7 Å². The zero-order chi connectivity index (χ0) is 43.9. The van der Waals surface area contributed by atoms with Crippen LogP contribution in [0, 0.1) is 11.8 Å². The summed E-state index contributed by atoms with van der Waals surface area (Å²) in [4.78, 5) is 69.3. The maximum Gasteiger partial charge on any atom is 0.272 e. The Bertz CT molecular complexity index is 1090. The molecule has 4 rings (SSSR count). The molecule has 1 saturated heterocycles. The Balaban J connectivity index is -0.000000411. The summed E-state index contributed by atoms with van der Waals surface area (Å²) in [6.45, 7) is 23.7. The number of hydrogen-bond donors (Lipinski definition) is 5. The van der Waals surface area contributed by atoms with Crippen molar-refractivity contribution in [1.29, 1.82) is 0 Å². The number of nitrogens with zero attached hydrogens (tertiary/aromatic N) is 3. The van der Waals surface area contributed by atoms with Gasteiger partial charge in [0.15, 0.2) is 0 Å². The summed E-state index contributed by atoms with van der Waals surface area (Å²) in [6.07, 6.45) is 15.0. The van der Waals surface area contributed by atoms with Crippen molar-refractivity contribution in [2.75, 3.05) is 33.9 Å². The number of halogens is 1. The Hall–Kier alpha value is -3.52. The first-order chi connectivity index (χ1) is 26.9. The lowest BCUT2D eigenvalue weighted by Gasteiger charge is -2.30. The standard InChI is InChI=1S/C20H27N5O4.C7H14N2O2.C4H10.2C3H8.2C2H6.CH3F/c26-13-15-7-4-10-25(15)17(27)12-23-20(29)18(14-5-2-1-3-6-14)24-19(28)16-11-21-8-9-22-16;1-8-4-6(10)7(11)9-5-2-3-5;1-4(2)3;2*1-3-2;3*1-2/h8-9,11,13-15,18H,1-7,10,12H2,(H,23,29)(H,24,28);5-6,8,10H,2-4H2,1H3,(H,9,11);4H,1-3H3;2*3H2,1-2H3;2*1-2H3;1H3. The van der Waals surface area contributed by atoms with Gasteiger partial charge in [-0.25, -0.2) is 4.98 Å². The first-order valence-electron chi connectivity index (χ1n) is 21.0. The van der Waals surface area contributed by atoms with Crippen LogP contribution in [0.2, 0.25) is 0 Å². The topological polar surface area (TPSA) is 183 Å². The van der Waals surface area contributed by atoms with Gasteiger partial charge in [-0.3, -0.25) is 28.6 Å². The van der Waals surface area contributed by atoms with Gasteiger partial charge >= 0.3 is 0 Å². The minimum Gasteiger partial charge on any atom is -0.382 e. The average molecular weight is 800 g/mol. The van der Waals surface area contributed by atoms with Crippen LogP contribution in [0.4, 0.5) is 4.39 Å². The number of alkyl halides is 1. The van der Waals surface area contributed by atoms with Crippen LogP contribution in [0.3, 0.4) is 0 Å². The van der Waals surface area contributed by atoms with Crippen molar-refractivity contribution in [3.8, 4) is 0 Å². The lowest BCUT2D eigenvalue weighted by Crippen LogP contribution is -2.53. The van der Waals surface area contributed by atoms with E-state index < -0.39 is 24.1 Å². The first-order valence-corrected chi connectivity index (χ1v) is 21.0. The van der Waals surface area contributed by atoms with Gasteiger partial charge in [0.1, 0.15) is 24.1 Å². The van der Waals surface area contributed by atoms with E-state index >= 15 is 0 Å². The molecule has 3 unspecified atom stereocenters. The molecule has 4 amide bonds. The van der Waals surface area contributed by atoms with Crippen molar-refractivity contribution < 1.29 is 33.5 Å². The van der Waals surface area contributed by atoms with E-state index in [0.29, 0.717) is 32.7 Å². The number of aliphatic hydroxyl groups excluding tert-OH is 1. The predicted octanol–water partition coefficient (Wildman–Crippen LogP) is 6.44. The highest BCUT2D eigenvalue weighted by Crippen LogP contribution is 2.27. The highest BCUT2D eigenvalue weighted by atomic mass is 19.1. The van der Waals surface area contributed by atoms with Crippen LogP contribution in [0.1, 0.15) is 157 Å². The van der Waals surface area contributed by atoms with E-state index in [1.165, 1.54) is 36.3 Å². The van der Waals surface area contributed by atoms with Crippen LogP contribution in [0.5, 0.6) is 0 Å². The molecular weight excluding hydrogens is 718 g/mol. The van der Waals surface area contributed by atoms with Gasteiger partial charge < -0.3 is 36.1 Å². The molecule has 14 heteroatoms. The van der Waals surface area contributed by atoms with Crippen LogP contribution in [-0.2, 0) is 19.2 Å². The normalized spacial score (nSPS) is 16.1. The number of carbonyl (C=O) groups is 5. The summed E-state index contributed by atoms with van der Waals surface area (Å²) in [5, 5.41) is 20.0. The summed E-state index contributed by atoms with van der Waals surface area (Å²) in [7, 11) is 2.20. The molecule has 328 valence electrons. The number of aldehydes is 1. The summed E-state index contributed by atoms with van der Waals surface area (Å²) >= 11 is 0. The van der Waals surface area contributed by atoms with Crippen molar-refractivity contribution in [3.63, 3.8) is 0 Å². The average Bonchev–Trinajstić information content (AvgIpc) is 3.90. The Morgan fingerprint density at radius 2 is 1.41 bits per heavy atom. The molecular formula is C42H82FN7O6. The lowest BCUT2D eigenvalue weighted by molar-refractivity contribution is -0.135. The first kappa shape index (κ1) is 59.2. The van der Waals surface area contributed by atoms with E-state index in [1.807, 2.05) is 27.7 Å². The number of hydrogen-bond acceptors (Lipinski definition) is 9. The molecule has 2 heterocycles. The lowest BCUT2D eigenvalue weighted by atomic mass is 9.83. The van der Waals surface area contributed by atoms with Crippen molar-refractivity contribution in [1.82, 2.24) is 36.1 Å². The van der Waals surface area contributed by atoms with E-state index in [0.717, 1.165) is 63.6 Å². The third kappa shape index (κ3) is 30.7. The maximum atomic E-state index is 12.9. The number of carbonyl (C=O) groups excluding carboxylic acids is 5. The maximum absolute atomic E-state index is 12.9. The van der Waals surface area contributed by atoms with Crippen molar-refractivity contribution in [2.45, 2.75) is 171 Å². The van der Waals surface area contributed by atoms with Gasteiger partial charge in [0, 0.05) is 31.5 Å². The fourth-order valence-corrected chi connectivity index (χ4v) is 4.93. The summed E-state index contributed by atoms with van der Waals surface area (Å²) in [6, 6.07) is -0.822. The predicted molar refractivity (Wildman–Crippen MR) is 227 cm³/mol. The molecule has 3 atom stereocenters. The van der Waals surface area contributed by atoms with Crippen LogP contribution < -0.4 is 21.3 Å². The number of aliphatic hydroxyl groups is 1. The van der Waals surface area contributed by atoms with Crippen molar-refractivity contribution >= 4 is 29.9 Å². The fraction of sp³-hybridized carbons (Fsp3) is 0.786. The highest BCUT2D eigenvalue weighted by molar-refractivity contribution is 5.96. The fourth-order valence-electron chi connectivity index (χ4n) is 4.93. The SMILES string of the molecule is CC.CC.CC(C)C.CCC.CCC.CF.CNCC(O)C(=O)NC1CC1.O=CC1CCCN1C(=O)CNC(=O)C(NC(=O)c1cnccn1)C1CCCCC1. The molecule has 5 N–H and O–H groups in total. The molecule has 2 saturated carbocycles. The van der Waals surface area contributed by atoms with Gasteiger partial charge in [0.2, 0.25) is 17.7 Å². The van der Waals surface area contributed by atoms with Crippen LogP contribution in [-0.4, -0.2) is 108 Å². The number of aromatic nitrogens is 2. The number of likely N-dealkylation sites (tertiary alicyclic amines) is 1. The molecule has 1 aromatic rings. The van der Waals surface area contributed by atoms with Crippen molar-refractivity contribution in [2.24, 2.45) is 11.8 Å². The summed E-state index contributed by atoms with van der Waals surface area (Å²) in [5.41, 5.74) is 0.142. The van der Waals surface area contributed by atoms with Gasteiger partial charge in [-0.15, -0.1) is 0 Å². The number of amides is 4. The molecule has 1 aliphatic heterocycles. The molecule has 1 aromatic heterocycles. The van der Waals surface area contributed by atoms with Gasteiger partial charge in [0.25, 0.3) is 5.91 Å². The highest BCUT2D eigenvalue weighted by Gasteiger charge is 2.33. The second kappa shape index (κ2) is 41.1. The Morgan fingerprint density at radius 3 is 1.86 bits per heavy atom. The molecule has 3 aliphatic rings. The number of rotatable bonds is 11. The largest absolute Gasteiger partial charge is 0.382 e. The van der Waals surface area contributed by atoms with E-state index in [9.17, 15) is 28.4 Å². The molecule has 0 aromatic carbocycles. The van der Waals surface area contributed by atoms with E-state index in [-0.39, 0.29) is 35.9 Å². The molecule has 3 fully saturated rings. The van der Waals surface area contributed by atoms with E-state index in [1.54, 1.807) is 7.05 Å². The monoisotopic (exact) mass is 800 g/mol.